The van der Waals surface area contributed by atoms with Gasteiger partial charge in [-0.1, -0.05) is 63.3 Å². The molecular formula is C32H54O3Si. The normalized spacial score (nSPS) is 18.3. The lowest BCUT2D eigenvalue weighted by atomic mass is 9.72. The monoisotopic (exact) mass is 514 g/mol. The molecule has 0 saturated carbocycles. The fourth-order valence-corrected chi connectivity index (χ4v) is 8.67. The van der Waals surface area contributed by atoms with Crippen molar-refractivity contribution in [3.05, 3.63) is 47.1 Å². The van der Waals surface area contributed by atoms with E-state index >= 15 is 0 Å². The molecule has 2 rings (SSSR count). The largest absolute Gasteiger partial charge is 0.496 e. The SMILES string of the molecule is C=C(CCCCC)[C@@H]1CCC(C[Si](C)(C)OC(C)C)=C[C@H]1c1c(OC)cc(CCCCC)cc1OC. The third-order valence-electron chi connectivity index (χ3n) is 7.46. The minimum Gasteiger partial charge on any atom is -0.496 e. The minimum atomic E-state index is -1.78. The van der Waals surface area contributed by atoms with Crippen molar-refractivity contribution >= 4 is 8.32 Å². The highest BCUT2D eigenvalue weighted by Gasteiger charge is 2.35. The minimum absolute atomic E-state index is 0.223. The number of unbranched alkanes of at least 4 members (excludes halogenated alkanes) is 4. The summed E-state index contributed by atoms with van der Waals surface area (Å²) in [6.07, 6.45) is 14.6. The molecule has 0 aromatic heterocycles. The van der Waals surface area contributed by atoms with Gasteiger partial charge in [0.25, 0.3) is 0 Å². The zero-order chi connectivity index (χ0) is 26.7. The third kappa shape index (κ3) is 9.10. The van der Waals surface area contributed by atoms with E-state index in [9.17, 15) is 0 Å². The molecule has 0 unspecified atom stereocenters. The van der Waals surface area contributed by atoms with Crippen molar-refractivity contribution in [1.82, 2.24) is 0 Å². The number of ether oxygens (including phenoxy) is 2. The first-order valence-corrected chi connectivity index (χ1v) is 17.6. The number of rotatable bonds is 16. The number of methoxy groups -OCH3 is 2. The molecule has 4 heteroatoms. The topological polar surface area (TPSA) is 27.7 Å². The summed E-state index contributed by atoms with van der Waals surface area (Å²) >= 11 is 0. The van der Waals surface area contributed by atoms with Crippen molar-refractivity contribution < 1.29 is 13.9 Å². The Labute approximate surface area is 223 Å². The second-order valence-electron chi connectivity index (χ2n) is 11.6. The number of benzene rings is 1. The van der Waals surface area contributed by atoms with E-state index in [0.717, 1.165) is 43.2 Å². The molecule has 0 bridgehead atoms. The highest BCUT2D eigenvalue weighted by molar-refractivity contribution is 6.71. The van der Waals surface area contributed by atoms with Crippen molar-refractivity contribution in [1.29, 1.82) is 0 Å². The molecule has 1 aromatic rings. The lowest BCUT2D eigenvalue weighted by molar-refractivity contribution is 0.232. The van der Waals surface area contributed by atoms with Crippen LogP contribution in [0.25, 0.3) is 0 Å². The van der Waals surface area contributed by atoms with Crippen molar-refractivity contribution in [3.63, 3.8) is 0 Å². The van der Waals surface area contributed by atoms with Gasteiger partial charge in [-0.3, -0.25) is 0 Å². The first-order valence-electron chi connectivity index (χ1n) is 14.5. The number of allylic oxidation sites excluding steroid dienone is 3. The summed E-state index contributed by atoms with van der Waals surface area (Å²) in [5.41, 5.74) is 5.42. The molecule has 0 spiro atoms. The third-order valence-corrected chi connectivity index (χ3v) is 9.88. The Balaban J connectivity index is 2.49. The van der Waals surface area contributed by atoms with E-state index in [1.807, 2.05) is 0 Å². The van der Waals surface area contributed by atoms with Gasteiger partial charge in [0.2, 0.25) is 0 Å². The van der Waals surface area contributed by atoms with Crippen molar-refractivity contribution in [3.8, 4) is 11.5 Å². The van der Waals surface area contributed by atoms with Crippen LogP contribution in [-0.2, 0) is 10.8 Å². The second kappa shape index (κ2) is 15.0. The lowest BCUT2D eigenvalue weighted by Crippen LogP contribution is -2.34. The van der Waals surface area contributed by atoms with Crippen molar-refractivity contribution in [2.75, 3.05) is 14.2 Å². The van der Waals surface area contributed by atoms with Gasteiger partial charge >= 0.3 is 0 Å². The fourth-order valence-electron chi connectivity index (χ4n) is 5.92. The number of aryl methyl sites for hydroxylation is 1. The predicted molar refractivity (Wildman–Crippen MR) is 158 cm³/mol. The molecule has 204 valence electrons. The molecule has 0 aliphatic heterocycles. The molecule has 0 fully saturated rings. The van der Waals surface area contributed by atoms with E-state index in [4.69, 9.17) is 13.9 Å². The zero-order valence-corrected chi connectivity index (χ0v) is 25.7. The molecule has 3 nitrogen and oxygen atoms in total. The zero-order valence-electron chi connectivity index (χ0n) is 24.7. The van der Waals surface area contributed by atoms with Gasteiger partial charge in [0.15, 0.2) is 8.32 Å². The predicted octanol–water partition coefficient (Wildman–Crippen LogP) is 9.62. The van der Waals surface area contributed by atoms with Crippen LogP contribution in [0.1, 0.15) is 103 Å². The molecule has 0 heterocycles. The molecule has 0 amide bonds. The Morgan fingerprint density at radius 3 is 2.17 bits per heavy atom. The quantitative estimate of drug-likeness (QED) is 0.125. The Hall–Kier alpha value is -1.52. The standard InChI is InChI=1S/C32H54O3Si/c1-10-12-14-16-25(5)28-19-18-27(23-36(8,9)35-24(3)4)20-29(28)32-30(33-6)21-26(17-15-13-11-2)22-31(32)34-7/h20-22,24,28-29H,5,10-19,23H2,1-4,6-9H3/t28-,29+/m0/s1. The van der Waals surface area contributed by atoms with Crippen LogP contribution in [-0.4, -0.2) is 28.6 Å². The Morgan fingerprint density at radius 2 is 1.61 bits per heavy atom. The molecule has 0 N–H and O–H groups in total. The average molecular weight is 515 g/mol. The van der Waals surface area contributed by atoms with Crippen LogP contribution >= 0.6 is 0 Å². The highest BCUT2D eigenvalue weighted by Crippen LogP contribution is 2.49. The molecule has 1 aliphatic carbocycles. The van der Waals surface area contributed by atoms with E-state index in [1.54, 1.807) is 14.2 Å². The van der Waals surface area contributed by atoms with E-state index in [1.165, 1.54) is 60.8 Å². The van der Waals surface area contributed by atoms with E-state index in [0.29, 0.717) is 5.92 Å². The van der Waals surface area contributed by atoms with Crippen molar-refractivity contribution in [2.45, 2.75) is 123 Å². The maximum atomic E-state index is 6.40. The summed E-state index contributed by atoms with van der Waals surface area (Å²) < 4.78 is 18.5. The summed E-state index contributed by atoms with van der Waals surface area (Å²) in [6, 6.07) is 5.59. The smallest absolute Gasteiger partial charge is 0.191 e. The maximum Gasteiger partial charge on any atom is 0.191 e. The van der Waals surface area contributed by atoms with E-state index in [-0.39, 0.29) is 12.0 Å². The Morgan fingerprint density at radius 1 is 1.00 bits per heavy atom. The van der Waals surface area contributed by atoms with Crippen LogP contribution in [0.3, 0.4) is 0 Å². The van der Waals surface area contributed by atoms with E-state index < -0.39 is 8.32 Å². The molecular weight excluding hydrogens is 460 g/mol. The van der Waals surface area contributed by atoms with Crippen LogP contribution in [0.15, 0.2) is 35.9 Å². The summed E-state index contributed by atoms with van der Waals surface area (Å²) in [4.78, 5) is 0. The van der Waals surface area contributed by atoms with Gasteiger partial charge in [-0.15, -0.1) is 0 Å². The maximum absolute atomic E-state index is 6.40. The number of hydrogen-bond acceptors (Lipinski definition) is 3. The van der Waals surface area contributed by atoms with Crippen LogP contribution in [0.5, 0.6) is 11.5 Å². The molecule has 1 aliphatic rings. The average Bonchev–Trinajstić information content (AvgIpc) is 2.82. The van der Waals surface area contributed by atoms with Gasteiger partial charge in [-0.05, 0) is 95.1 Å². The van der Waals surface area contributed by atoms with Crippen LogP contribution in [0.2, 0.25) is 19.1 Å². The number of hydrogen-bond donors (Lipinski definition) is 0. The summed E-state index contributed by atoms with van der Waals surface area (Å²) in [6.45, 7) is 18.1. The van der Waals surface area contributed by atoms with Gasteiger partial charge in [-0.25, -0.2) is 0 Å². The van der Waals surface area contributed by atoms with Crippen LogP contribution in [0.4, 0.5) is 0 Å². The first-order chi connectivity index (χ1) is 17.1. The summed E-state index contributed by atoms with van der Waals surface area (Å²) in [7, 11) is 1.83. The Kier molecular flexibility index (Phi) is 12.8. The highest BCUT2D eigenvalue weighted by atomic mass is 28.4. The molecule has 0 saturated heterocycles. The van der Waals surface area contributed by atoms with Gasteiger partial charge < -0.3 is 13.9 Å². The van der Waals surface area contributed by atoms with Crippen LogP contribution in [0, 0.1) is 5.92 Å². The summed E-state index contributed by atoms with van der Waals surface area (Å²) in [5.74, 6) is 2.56. The van der Waals surface area contributed by atoms with Gasteiger partial charge in [0.05, 0.1) is 14.2 Å². The molecule has 2 atom stereocenters. The van der Waals surface area contributed by atoms with Crippen molar-refractivity contribution in [2.24, 2.45) is 5.92 Å². The first kappa shape index (κ1) is 30.7. The van der Waals surface area contributed by atoms with E-state index in [2.05, 4.69) is 65.6 Å². The van der Waals surface area contributed by atoms with Gasteiger partial charge in [-0.2, -0.15) is 0 Å². The molecule has 36 heavy (non-hydrogen) atoms. The molecule has 1 aromatic carbocycles. The summed E-state index contributed by atoms with van der Waals surface area (Å²) in [5, 5.41) is 0. The van der Waals surface area contributed by atoms with Gasteiger partial charge in [0, 0.05) is 17.6 Å². The molecule has 0 radical (unpaired) electrons. The lowest BCUT2D eigenvalue weighted by Gasteiger charge is -2.36. The van der Waals surface area contributed by atoms with Gasteiger partial charge in [0.1, 0.15) is 11.5 Å². The Bertz CT molecular complexity index is 830. The fraction of sp³-hybridized carbons (Fsp3) is 0.688. The van der Waals surface area contributed by atoms with Crippen LogP contribution < -0.4 is 9.47 Å². The second-order valence-corrected chi connectivity index (χ2v) is 15.7.